The first-order chi connectivity index (χ1) is 34.5. The van der Waals surface area contributed by atoms with E-state index in [2.05, 4.69) is 198 Å². The van der Waals surface area contributed by atoms with Crippen LogP contribution in [0.15, 0.2) is 170 Å². The molecule has 17 rings (SSSR count). The van der Waals surface area contributed by atoms with E-state index in [9.17, 15) is 0 Å². The van der Waals surface area contributed by atoms with Gasteiger partial charge in [0.15, 0.2) is 0 Å². The van der Waals surface area contributed by atoms with Crippen LogP contribution in [0.25, 0.3) is 174 Å². The lowest BCUT2D eigenvalue weighted by Gasteiger charge is -2.16. The van der Waals surface area contributed by atoms with Gasteiger partial charge in [0.05, 0.1) is 0 Å². The minimum Gasteiger partial charge on any atom is -0.0622 e. The quantitative estimate of drug-likeness (QED) is 0.122. The van der Waals surface area contributed by atoms with Crippen LogP contribution in [0.3, 0.4) is 0 Å². The Bertz CT molecular complexity index is 4700. The van der Waals surface area contributed by atoms with E-state index in [1.165, 1.54) is 196 Å². The Morgan fingerprint density at radius 3 is 0.971 bits per heavy atom. The third-order valence-electron chi connectivity index (χ3n) is 17.4. The van der Waals surface area contributed by atoms with E-state index in [0.717, 1.165) is 12.8 Å². The third kappa shape index (κ3) is 4.30. The first kappa shape index (κ1) is 37.6. The molecule has 70 heavy (non-hydrogen) atoms. The summed E-state index contributed by atoms with van der Waals surface area (Å²) in [7, 11) is 0. The van der Waals surface area contributed by atoms with E-state index >= 15 is 0 Å². The van der Waals surface area contributed by atoms with E-state index in [1.807, 2.05) is 0 Å². The van der Waals surface area contributed by atoms with Crippen molar-refractivity contribution in [3.63, 3.8) is 0 Å². The maximum absolute atomic E-state index is 2.50. The number of hydrogen-bond donors (Lipinski definition) is 0. The van der Waals surface area contributed by atoms with E-state index in [-0.39, 0.29) is 0 Å². The van der Waals surface area contributed by atoms with E-state index < -0.39 is 0 Å². The molecule has 324 valence electrons. The van der Waals surface area contributed by atoms with Crippen molar-refractivity contribution < 1.29 is 0 Å². The van der Waals surface area contributed by atoms with Gasteiger partial charge in [-0.25, -0.2) is 0 Å². The fourth-order valence-corrected chi connectivity index (χ4v) is 14.8. The molecule has 0 unspecified atom stereocenters. The van der Waals surface area contributed by atoms with Gasteiger partial charge in [-0.3, -0.25) is 0 Å². The number of aryl methyl sites for hydroxylation is 4. The van der Waals surface area contributed by atoms with Gasteiger partial charge in [0.25, 0.3) is 0 Å². The number of fused-ring (bicyclic) bond motifs is 13. The largest absolute Gasteiger partial charge is 0.0622 e. The average molecular weight is 885 g/mol. The molecule has 0 heterocycles. The molecule has 0 nitrogen and oxygen atoms in total. The Kier molecular flexibility index (Phi) is 6.91. The lowest BCUT2D eigenvalue weighted by atomic mass is 9.86. The van der Waals surface area contributed by atoms with E-state index in [4.69, 9.17) is 0 Å². The second-order valence-electron chi connectivity index (χ2n) is 20.8. The summed E-state index contributed by atoms with van der Waals surface area (Å²) in [5, 5.41) is 32.7. The second kappa shape index (κ2) is 12.9. The summed E-state index contributed by atoms with van der Waals surface area (Å²) in [6.45, 7) is 9.12. The molecule has 0 fully saturated rings. The molecular weight excluding hydrogens is 841 g/mol. The van der Waals surface area contributed by atoms with Gasteiger partial charge in [-0.2, -0.15) is 0 Å². The summed E-state index contributed by atoms with van der Waals surface area (Å²) >= 11 is 0. The summed E-state index contributed by atoms with van der Waals surface area (Å²) in [6.07, 6.45) is 2.05. The van der Waals surface area contributed by atoms with Gasteiger partial charge >= 0.3 is 0 Å². The first-order valence-electron chi connectivity index (χ1n) is 25.4. The third-order valence-corrected chi connectivity index (χ3v) is 17.4. The zero-order chi connectivity index (χ0) is 46.0. The maximum atomic E-state index is 2.50. The Morgan fingerprint density at radius 1 is 0.257 bits per heavy atom. The van der Waals surface area contributed by atoms with Crippen LogP contribution < -0.4 is 0 Å². The zero-order valence-electron chi connectivity index (χ0n) is 39.6. The monoisotopic (exact) mass is 884 g/mol. The van der Waals surface area contributed by atoms with Crippen LogP contribution in [-0.4, -0.2) is 0 Å². The van der Waals surface area contributed by atoms with Crippen molar-refractivity contribution in [3.8, 4) is 44.5 Å². The predicted octanol–water partition coefficient (Wildman–Crippen LogP) is 20.0. The van der Waals surface area contributed by atoms with Gasteiger partial charge in [-0.1, -0.05) is 184 Å². The second-order valence-corrected chi connectivity index (χ2v) is 20.8. The fourth-order valence-electron chi connectivity index (χ4n) is 14.8. The van der Waals surface area contributed by atoms with Crippen molar-refractivity contribution in [3.05, 3.63) is 192 Å². The summed E-state index contributed by atoms with van der Waals surface area (Å²) in [6, 6.07) is 66.7. The smallest absolute Gasteiger partial charge is 0.000717 e. The molecule has 0 aliphatic heterocycles. The molecule has 0 radical (unpaired) electrons. The normalized spacial score (nSPS) is 13.0. The average Bonchev–Trinajstić information content (AvgIpc) is 4.04. The van der Waals surface area contributed by atoms with Crippen LogP contribution in [0.2, 0.25) is 0 Å². The van der Waals surface area contributed by atoms with Crippen LogP contribution in [-0.2, 0) is 12.8 Å². The van der Waals surface area contributed by atoms with Crippen molar-refractivity contribution in [2.75, 3.05) is 0 Å². The highest BCUT2D eigenvalue weighted by atomic mass is 14.3. The standard InChI is InChI=1S/C70H44/c1-5-37-17-18-38(6-2)58-49-26-20-43-45-22-28-51-65-50(27-21-44(62(45)65)42-19-25-48(57(37)58)64(49)61(42)43)67-59(39-13-9-7-10-14-39)69-52-29-23-46-54-33-35(3)31-41-32-36(4)34-55(56(41)54)47-24-30-53(66(52)63(46)47)70(69)60(68(51)67)40-15-11-8-12-16-40/h7-34H,5-6H2,1-4H3. The van der Waals surface area contributed by atoms with E-state index in [0.29, 0.717) is 0 Å². The molecule has 1 aliphatic rings. The van der Waals surface area contributed by atoms with Crippen LogP contribution in [0.5, 0.6) is 0 Å². The van der Waals surface area contributed by atoms with Crippen molar-refractivity contribution in [1.29, 1.82) is 0 Å². The van der Waals surface area contributed by atoms with Gasteiger partial charge in [-0.15, -0.1) is 0 Å². The summed E-state index contributed by atoms with van der Waals surface area (Å²) < 4.78 is 0. The number of rotatable bonds is 4. The minimum absolute atomic E-state index is 1.03. The van der Waals surface area contributed by atoms with Crippen molar-refractivity contribution in [2.45, 2.75) is 40.5 Å². The highest BCUT2D eigenvalue weighted by Gasteiger charge is 2.32. The molecule has 0 amide bonds. The molecule has 0 saturated carbocycles. The fraction of sp³-hybridized carbons (Fsp3) is 0.0857. The first-order valence-corrected chi connectivity index (χ1v) is 25.4. The van der Waals surface area contributed by atoms with Gasteiger partial charge in [0, 0.05) is 0 Å². The van der Waals surface area contributed by atoms with E-state index in [1.54, 1.807) is 0 Å². The Morgan fingerprint density at radius 2 is 0.586 bits per heavy atom. The minimum atomic E-state index is 1.03. The zero-order valence-corrected chi connectivity index (χ0v) is 39.6. The van der Waals surface area contributed by atoms with Crippen LogP contribution in [0.4, 0.5) is 0 Å². The van der Waals surface area contributed by atoms with Crippen LogP contribution >= 0.6 is 0 Å². The van der Waals surface area contributed by atoms with Crippen LogP contribution in [0, 0.1) is 13.8 Å². The molecule has 0 bridgehead atoms. The SMILES string of the molecule is CCc1ccc(CC)c2c1-c1ccc3c4ccc5c6c(-c7ccccc7)c7c8ccc9c%10cc(C)cc%11cc(C)cc(c%12ccc(c7c(-c7ccccc7)c6c6ccc(c7ccc-2c1c37)c4c56)c8c9%12)c%11%10. The molecule has 0 aromatic heterocycles. The summed E-state index contributed by atoms with van der Waals surface area (Å²) in [4.78, 5) is 0. The van der Waals surface area contributed by atoms with Crippen LogP contribution in [0.1, 0.15) is 36.1 Å². The number of benzene rings is 14. The molecule has 0 atom stereocenters. The topological polar surface area (TPSA) is 0 Å². The lowest BCUT2D eigenvalue weighted by molar-refractivity contribution is 1.11. The maximum Gasteiger partial charge on any atom is -0.000717 e. The Hall–Kier alpha value is -8.32. The van der Waals surface area contributed by atoms with Crippen molar-refractivity contribution in [2.24, 2.45) is 0 Å². The Balaban J connectivity index is 1.09. The summed E-state index contributed by atoms with van der Waals surface area (Å²) in [5.41, 5.74) is 16.4. The molecule has 16 aromatic rings. The highest BCUT2D eigenvalue weighted by molar-refractivity contribution is 6.51. The van der Waals surface area contributed by atoms with Gasteiger partial charge in [-0.05, 0) is 223 Å². The number of hydrogen-bond acceptors (Lipinski definition) is 0. The molecule has 1 aliphatic carbocycles. The highest BCUT2D eigenvalue weighted by Crippen LogP contribution is 2.60. The Labute approximate surface area is 404 Å². The molecule has 16 aromatic carbocycles. The van der Waals surface area contributed by atoms with Gasteiger partial charge in [0.2, 0.25) is 0 Å². The summed E-state index contributed by atoms with van der Waals surface area (Å²) in [5.74, 6) is 0. The molecule has 0 spiro atoms. The molecular formula is C70H44. The van der Waals surface area contributed by atoms with Gasteiger partial charge in [0.1, 0.15) is 0 Å². The molecule has 0 saturated heterocycles. The van der Waals surface area contributed by atoms with Gasteiger partial charge < -0.3 is 0 Å². The lowest BCUT2D eigenvalue weighted by Crippen LogP contribution is -1.92. The molecule has 0 N–H and O–H groups in total. The predicted molar refractivity (Wildman–Crippen MR) is 305 cm³/mol. The van der Waals surface area contributed by atoms with Crippen molar-refractivity contribution in [1.82, 2.24) is 0 Å². The van der Waals surface area contributed by atoms with Crippen molar-refractivity contribution >= 4 is 129 Å². The molecule has 0 heteroatoms.